The number of hydrogen-bond donors (Lipinski definition) is 6. The molecule has 17 nitrogen and oxygen atoms in total. The van der Waals surface area contributed by atoms with Crippen molar-refractivity contribution >= 4 is 17.7 Å². The van der Waals surface area contributed by atoms with Gasteiger partial charge in [-0.3, -0.25) is 14.4 Å². The standard InChI is InChI=1S/C40H78N6O11/c1-6-10-33(4)43-14-18-51-22-26-55-27-23-52-19-15-44-34-11-8-7-9-12-35(38(34)41)57-31-37(48)45-16-20-53-24-28-56-30-29-54-25-21-50-17-13-36(47)46-39(32(2)3)40(49)42-5/h32-33,35,39,43-44H,6-31,41H2,1-5H3,(H,42,49)(H,45,48)(H,46,47)/b38-34-/t33?,35?,39-/m0/s1. The molecule has 0 aromatic heterocycles. The molecule has 0 heterocycles. The zero-order valence-corrected chi connectivity index (χ0v) is 35.8. The molecule has 17 heteroatoms. The van der Waals surface area contributed by atoms with Gasteiger partial charge in [0.25, 0.3) is 0 Å². The highest BCUT2D eigenvalue weighted by Gasteiger charge is 2.23. The zero-order valence-electron chi connectivity index (χ0n) is 35.8. The Bertz CT molecular complexity index is 1060. The van der Waals surface area contributed by atoms with E-state index in [9.17, 15) is 14.4 Å². The molecule has 0 bridgehead atoms. The van der Waals surface area contributed by atoms with Crippen molar-refractivity contribution in [2.45, 2.75) is 97.2 Å². The number of carbonyl (C=O) groups excluding carboxylic acids is 3. The second-order valence-electron chi connectivity index (χ2n) is 14.2. The van der Waals surface area contributed by atoms with Crippen molar-refractivity contribution in [3.63, 3.8) is 0 Å². The summed E-state index contributed by atoms with van der Waals surface area (Å²) in [4.78, 5) is 36.4. The van der Waals surface area contributed by atoms with E-state index in [0.29, 0.717) is 111 Å². The van der Waals surface area contributed by atoms with Crippen LogP contribution in [0.2, 0.25) is 0 Å². The van der Waals surface area contributed by atoms with Crippen LogP contribution in [0.15, 0.2) is 11.4 Å². The Morgan fingerprint density at radius 2 is 1.25 bits per heavy atom. The normalized spacial score (nSPS) is 17.1. The van der Waals surface area contributed by atoms with Crippen LogP contribution in [0.3, 0.4) is 0 Å². The van der Waals surface area contributed by atoms with Gasteiger partial charge in [0.15, 0.2) is 0 Å². The lowest BCUT2D eigenvalue weighted by Gasteiger charge is -2.25. The first-order valence-electron chi connectivity index (χ1n) is 21.1. The summed E-state index contributed by atoms with van der Waals surface area (Å²) in [5, 5.41) is 15.0. The molecule has 3 amide bonds. The molecule has 0 saturated carbocycles. The number of rotatable bonds is 37. The van der Waals surface area contributed by atoms with Gasteiger partial charge < -0.3 is 70.2 Å². The topological polar surface area (TPSA) is 211 Å². The molecule has 0 saturated heterocycles. The van der Waals surface area contributed by atoms with Gasteiger partial charge in [0.2, 0.25) is 17.7 Å². The summed E-state index contributed by atoms with van der Waals surface area (Å²) in [6.07, 6.45) is 6.90. The first kappa shape index (κ1) is 52.4. The maximum Gasteiger partial charge on any atom is 0.246 e. The third-order valence-corrected chi connectivity index (χ3v) is 8.96. The molecule has 2 unspecified atom stereocenters. The number of hydrogen-bond acceptors (Lipinski definition) is 14. The van der Waals surface area contributed by atoms with E-state index in [4.69, 9.17) is 43.6 Å². The molecule has 0 aromatic rings. The van der Waals surface area contributed by atoms with Crippen molar-refractivity contribution < 1.29 is 52.3 Å². The largest absolute Gasteiger partial charge is 0.399 e. The lowest BCUT2D eigenvalue weighted by molar-refractivity contribution is -0.130. The molecular weight excluding hydrogens is 740 g/mol. The van der Waals surface area contributed by atoms with E-state index in [1.165, 1.54) is 12.8 Å². The molecule has 1 aliphatic carbocycles. The molecular formula is C40H78N6O11. The third-order valence-electron chi connectivity index (χ3n) is 8.96. The van der Waals surface area contributed by atoms with Crippen molar-refractivity contribution in [1.29, 1.82) is 0 Å². The highest BCUT2D eigenvalue weighted by molar-refractivity contribution is 5.87. The maximum absolute atomic E-state index is 12.4. The highest BCUT2D eigenvalue weighted by Crippen LogP contribution is 2.21. The number of ether oxygens (including phenoxy) is 8. The summed E-state index contributed by atoms with van der Waals surface area (Å²) >= 11 is 0. The Kier molecular flexibility index (Phi) is 33.5. The fourth-order valence-corrected chi connectivity index (χ4v) is 5.75. The van der Waals surface area contributed by atoms with Crippen LogP contribution in [0.4, 0.5) is 0 Å². The molecule has 3 atom stereocenters. The first-order chi connectivity index (χ1) is 27.7. The van der Waals surface area contributed by atoms with Crippen molar-refractivity contribution in [3.05, 3.63) is 11.4 Å². The fourth-order valence-electron chi connectivity index (χ4n) is 5.75. The van der Waals surface area contributed by atoms with E-state index < -0.39 is 6.04 Å². The number of nitrogens with two attached hydrogens (primary N) is 1. The maximum atomic E-state index is 12.4. The van der Waals surface area contributed by atoms with Crippen LogP contribution in [0, 0.1) is 5.92 Å². The number of likely N-dealkylation sites (N-methyl/N-ethyl adjacent to an activating group) is 1. The van der Waals surface area contributed by atoms with Crippen molar-refractivity contribution in [1.82, 2.24) is 26.6 Å². The summed E-state index contributed by atoms with van der Waals surface area (Å²) in [7, 11) is 1.54. The van der Waals surface area contributed by atoms with Crippen molar-refractivity contribution in [2.75, 3.05) is 126 Å². The molecule has 0 spiro atoms. The van der Waals surface area contributed by atoms with Gasteiger partial charge in [-0.15, -0.1) is 0 Å². The van der Waals surface area contributed by atoms with Gasteiger partial charge in [-0.1, -0.05) is 40.0 Å². The van der Waals surface area contributed by atoms with Gasteiger partial charge in [-0.25, -0.2) is 0 Å². The molecule has 57 heavy (non-hydrogen) atoms. The molecule has 0 aromatic carbocycles. The minimum atomic E-state index is -0.566. The van der Waals surface area contributed by atoms with E-state index in [1.807, 2.05) is 13.8 Å². The first-order valence-corrected chi connectivity index (χ1v) is 21.1. The predicted octanol–water partition coefficient (Wildman–Crippen LogP) is 1.38. The second-order valence-corrected chi connectivity index (χ2v) is 14.2. The Morgan fingerprint density at radius 1 is 0.702 bits per heavy atom. The van der Waals surface area contributed by atoms with E-state index in [-0.39, 0.29) is 49.4 Å². The van der Waals surface area contributed by atoms with Crippen molar-refractivity contribution in [3.8, 4) is 0 Å². The monoisotopic (exact) mass is 819 g/mol. The van der Waals surface area contributed by atoms with Crippen molar-refractivity contribution in [2.24, 2.45) is 11.7 Å². The summed E-state index contributed by atoms with van der Waals surface area (Å²) in [6.45, 7) is 16.2. The number of carbonyl (C=O) groups is 3. The minimum Gasteiger partial charge on any atom is -0.399 e. The molecule has 0 aliphatic heterocycles. The van der Waals surface area contributed by atoms with Crippen LogP contribution in [0.25, 0.3) is 0 Å². The van der Waals surface area contributed by atoms with Crippen LogP contribution in [-0.2, 0) is 52.3 Å². The zero-order chi connectivity index (χ0) is 41.8. The summed E-state index contributed by atoms with van der Waals surface area (Å²) in [5.41, 5.74) is 8.15. The predicted molar refractivity (Wildman–Crippen MR) is 219 cm³/mol. The average Bonchev–Trinajstić information content (AvgIpc) is 3.19. The molecule has 7 N–H and O–H groups in total. The van der Waals surface area contributed by atoms with Gasteiger partial charge in [-0.2, -0.15) is 0 Å². The summed E-state index contributed by atoms with van der Waals surface area (Å²) in [5.74, 6) is -0.690. The van der Waals surface area contributed by atoms with Crippen LogP contribution in [0.5, 0.6) is 0 Å². The van der Waals surface area contributed by atoms with Crippen LogP contribution < -0.4 is 32.3 Å². The van der Waals surface area contributed by atoms with Gasteiger partial charge >= 0.3 is 0 Å². The van der Waals surface area contributed by atoms with Gasteiger partial charge in [0.1, 0.15) is 12.6 Å². The van der Waals surface area contributed by atoms with Gasteiger partial charge in [0, 0.05) is 44.8 Å². The molecule has 1 rings (SSSR count). The SMILES string of the molecule is CCCC(C)NCCOCCOCCOCCN/C1=C(\N)C(OCC(=O)NCCOCCOCCOCCOCCC(=O)N[C@H](C(=O)NC)C(C)C)CCCCC1. The fraction of sp³-hybridized carbons (Fsp3) is 0.875. The number of allylic oxidation sites excluding steroid dienone is 1. The molecule has 0 fully saturated rings. The van der Waals surface area contributed by atoms with Gasteiger partial charge in [0.05, 0.1) is 104 Å². The second kappa shape index (κ2) is 36.5. The van der Waals surface area contributed by atoms with Crippen LogP contribution in [-0.4, -0.2) is 162 Å². The van der Waals surface area contributed by atoms with E-state index >= 15 is 0 Å². The van der Waals surface area contributed by atoms with E-state index in [0.717, 1.165) is 44.3 Å². The number of nitrogens with one attached hydrogen (secondary N) is 5. The van der Waals surface area contributed by atoms with Gasteiger partial charge in [-0.05, 0) is 38.5 Å². The third kappa shape index (κ3) is 29.3. The Morgan fingerprint density at radius 3 is 1.81 bits per heavy atom. The smallest absolute Gasteiger partial charge is 0.246 e. The van der Waals surface area contributed by atoms with E-state index in [2.05, 4.69) is 40.4 Å². The quantitative estimate of drug-likeness (QED) is 0.0490. The number of amides is 3. The summed E-state index contributed by atoms with van der Waals surface area (Å²) < 4.78 is 44.8. The lowest BCUT2D eigenvalue weighted by atomic mass is 9.99. The van der Waals surface area contributed by atoms with E-state index in [1.54, 1.807) is 7.05 Å². The van der Waals surface area contributed by atoms with Crippen LogP contribution >= 0.6 is 0 Å². The molecule has 0 radical (unpaired) electrons. The van der Waals surface area contributed by atoms with Crippen LogP contribution in [0.1, 0.15) is 79.1 Å². The summed E-state index contributed by atoms with van der Waals surface area (Å²) in [6, 6.07) is -0.0427. The molecule has 1 aliphatic rings. The lowest BCUT2D eigenvalue weighted by Crippen LogP contribution is -2.48. The Hall–Kier alpha value is -2.61. The Labute approximate surface area is 342 Å². The highest BCUT2D eigenvalue weighted by atomic mass is 16.6. The average molecular weight is 819 g/mol. The molecule has 334 valence electrons. The minimum absolute atomic E-state index is 0.0160. The Balaban J connectivity index is 2.04.